The van der Waals surface area contributed by atoms with Gasteiger partial charge in [-0.2, -0.15) is 0 Å². The predicted molar refractivity (Wildman–Crippen MR) is 74.5 cm³/mol. The summed E-state index contributed by atoms with van der Waals surface area (Å²) in [6.07, 6.45) is 2.21. The Hall–Kier alpha value is -1.36. The predicted octanol–water partition coefficient (Wildman–Crippen LogP) is 2.44. The molecule has 0 radical (unpaired) electrons. The second kappa shape index (κ2) is 5.74. The van der Waals surface area contributed by atoms with E-state index in [0.29, 0.717) is 4.88 Å². The van der Waals surface area contributed by atoms with Crippen molar-refractivity contribution >= 4 is 23.2 Å². The molecule has 0 bridgehead atoms. The molecule has 1 aliphatic carbocycles. The molecule has 0 unspecified atom stereocenters. The second-order valence-electron chi connectivity index (χ2n) is 4.88. The minimum Gasteiger partial charge on any atom is -0.448 e. The SMILES string of the molecule is CCc1cc(C(=O)O[C@H](C)C(=O)NC2CC2)sc1C. The fourth-order valence-electron chi connectivity index (χ4n) is 1.79. The number of carbonyl (C=O) groups is 2. The first-order valence-electron chi connectivity index (χ1n) is 6.62. The largest absolute Gasteiger partial charge is 0.448 e. The summed E-state index contributed by atoms with van der Waals surface area (Å²) in [4.78, 5) is 25.4. The third kappa shape index (κ3) is 3.56. The van der Waals surface area contributed by atoms with Gasteiger partial charge in [0.25, 0.3) is 5.91 Å². The number of hydrogen-bond acceptors (Lipinski definition) is 4. The molecule has 1 amide bonds. The highest BCUT2D eigenvalue weighted by atomic mass is 32.1. The van der Waals surface area contributed by atoms with Gasteiger partial charge in [-0.15, -0.1) is 11.3 Å². The zero-order valence-electron chi connectivity index (χ0n) is 11.5. The molecular formula is C14H19NO3S. The molecule has 0 aromatic carbocycles. The molecule has 5 heteroatoms. The first-order chi connectivity index (χ1) is 9.01. The summed E-state index contributed by atoms with van der Waals surface area (Å²) in [5.74, 6) is -0.619. The lowest BCUT2D eigenvalue weighted by atomic mass is 10.2. The average molecular weight is 281 g/mol. The molecular weight excluding hydrogens is 262 g/mol. The molecule has 2 rings (SSSR count). The fraction of sp³-hybridized carbons (Fsp3) is 0.571. The standard InChI is InChI=1S/C14H19NO3S/c1-4-10-7-12(19-9(10)3)14(17)18-8(2)13(16)15-11-5-6-11/h7-8,11H,4-6H2,1-3H3,(H,15,16)/t8-/m1/s1. The Morgan fingerprint density at radius 3 is 2.74 bits per heavy atom. The third-order valence-electron chi connectivity index (χ3n) is 3.18. The van der Waals surface area contributed by atoms with Crippen LogP contribution in [0.5, 0.6) is 0 Å². The van der Waals surface area contributed by atoms with Gasteiger partial charge in [-0.1, -0.05) is 6.92 Å². The Balaban J connectivity index is 1.93. The maximum absolute atomic E-state index is 12.0. The van der Waals surface area contributed by atoms with Crippen molar-refractivity contribution in [1.82, 2.24) is 5.32 Å². The van der Waals surface area contributed by atoms with Crippen molar-refractivity contribution in [3.63, 3.8) is 0 Å². The first-order valence-corrected chi connectivity index (χ1v) is 7.43. The molecule has 0 saturated heterocycles. The highest BCUT2D eigenvalue weighted by Crippen LogP contribution is 2.23. The smallest absolute Gasteiger partial charge is 0.349 e. The van der Waals surface area contributed by atoms with E-state index in [1.54, 1.807) is 6.92 Å². The Morgan fingerprint density at radius 1 is 1.53 bits per heavy atom. The van der Waals surface area contributed by atoms with Crippen LogP contribution in [-0.2, 0) is 16.0 Å². The van der Waals surface area contributed by atoms with E-state index in [1.807, 2.05) is 13.0 Å². The van der Waals surface area contributed by atoms with E-state index in [0.717, 1.165) is 29.7 Å². The molecule has 0 aliphatic heterocycles. The van der Waals surface area contributed by atoms with Crippen molar-refractivity contribution in [3.8, 4) is 0 Å². The topological polar surface area (TPSA) is 55.4 Å². The van der Waals surface area contributed by atoms with Gasteiger partial charge in [-0.25, -0.2) is 4.79 Å². The molecule has 1 fully saturated rings. The highest BCUT2D eigenvalue weighted by Gasteiger charge is 2.27. The number of hydrogen-bond donors (Lipinski definition) is 1. The normalized spacial score (nSPS) is 15.9. The molecule has 1 heterocycles. The summed E-state index contributed by atoms with van der Waals surface area (Å²) < 4.78 is 5.20. The summed E-state index contributed by atoms with van der Waals surface area (Å²) in [7, 11) is 0. The lowest BCUT2D eigenvalue weighted by Gasteiger charge is -2.12. The van der Waals surface area contributed by atoms with E-state index in [2.05, 4.69) is 12.2 Å². The van der Waals surface area contributed by atoms with E-state index < -0.39 is 12.1 Å². The first kappa shape index (κ1) is 14.1. The van der Waals surface area contributed by atoms with Gasteiger partial charge in [0.2, 0.25) is 0 Å². The number of esters is 1. The molecule has 1 saturated carbocycles. The number of amides is 1. The van der Waals surface area contributed by atoms with Gasteiger partial charge >= 0.3 is 5.97 Å². The number of aryl methyl sites for hydroxylation is 2. The number of nitrogens with one attached hydrogen (secondary N) is 1. The molecule has 0 spiro atoms. The van der Waals surface area contributed by atoms with Crippen LogP contribution in [0.15, 0.2) is 6.07 Å². The Labute approximate surface area is 117 Å². The van der Waals surface area contributed by atoms with Gasteiger partial charge in [-0.05, 0) is 44.7 Å². The second-order valence-corrected chi connectivity index (χ2v) is 6.13. The van der Waals surface area contributed by atoms with Crippen LogP contribution in [0.25, 0.3) is 0 Å². The van der Waals surface area contributed by atoms with E-state index in [9.17, 15) is 9.59 Å². The van der Waals surface area contributed by atoms with Crippen LogP contribution in [0.3, 0.4) is 0 Å². The van der Waals surface area contributed by atoms with Crippen molar-refractivity contribution in [2.75, 3.05) is 0 Å². The van der Waals surface area contributed by atoms with E-state index in [-0.39, 0.29) is 11.9 Å². The minimum atomic E-state index is -0.736. The van der Waals surface area contributed by atoms with Crippen molar-refractivity contribution < 1.29 is 14.3 Å². The summed E-state index contributed by atoms with van der Waals surface area (Å²) in [6.45, 7) is 5.65. The van der Waals surface area contributed by atoms with Crippen LogP contribution in [0.4, 0.5) is 0 Å². The average Bonchev–Trinajstić information content (AvgIpc) is 3.09. The maximum atomic E-state index is 12.0. The summed E-state index contributed by atoms with van der Waals surface area (Å²) in [5.41, 5.74) is 1.16. The zero-order chi connectivity index (χ0) is 14.0. The van der Waals surface area contributed by atoms with Crippen LogP contribution >= 0.6 is 11.3 Å². The van der Waals surface area contributed by atoms with Crippen LogP contribution in [0.2, 0.25) is 0 Å². The lowest BCUT2D eigenvalue weighted by molar-refractivity contribution is -0.129. The Morgan fingerprint density at radius 2 is 2.21 bits per heavy atom. The molecule has 1 N–H and O–H groups in total. The lowest BCUT2D eigenvalue weighted by Crippen LogP contribution is -2.36. The summed E-state index contributed by atoms with van der Waals surface area (Å²) in [6, 6.07) is 2.14. The number of thiophene rings is 1. The Bertz CT molecular complexity index is 491. The van der Waals surface area contributed by atoms with Gasteiger partial charge in [0.15, 0.2) is 6.10 Å². The number of carbonyl (C=O) groups excluding carboxylic acids is 2. The highest BCUT2D eigenvalue weighted by molar-refractivity contribution is 7.14. The third-order valence-corrected chi connectivity index (χ3v) is 4.25. The van der Waals surface area contributed by atoms with Crippen LogP contribution < -0.4 is 5.32 Å². The van der Waals surface area contributed by atoms with Gasteiger partial charge in [0.1, 0.15) is 4.88 Å². The van der Waals surface area contributed by atoms with Crippen LogP contribution in [-0.4, -0.2) is 24.0 Å². The van der Waals surface area contributed by atoms with Crippen LogP contribution in [0, 0.1) is 6.92 Å². The molecule has 4 nitrogen and oxygen atoms in total. The number of rotatable bonds is 5. The molecule has 1 aromatic heterocycles. The molecule has 19 heavy (non-hydrogen) atoms. The van der Waals surface area contributed by atoms with Gasteiger partial charge in [0.05, 0.1) is 0 Å². The van der Waals surface area contributed by atoms with Gasteiger partial charge in [0, 0.05) is 10.9 Å². The molecule has 1 atom stereocenters. The van der Waals surface area contributed by atoms with E-state index in [4.69, 9.17) is 4.74 Å². The van der Waals surface area contributed by atoms with Crippen molar-refractivity contribution in [2.45, 2.75) is 52.2 Å². The quantitative estimate of drug-likeness (QED) is 0.843. The molecule has 104 valence electrons. The summed E-state index contributed by atoms with van der Waals surface area (Å²) >= 11 is 1.42. The molecule has 1 aromatic rings. The van der Waals surface area contributed by atoms with E-state index in [1.165, 1.54) is 11.3 Å². The number of ether oxygens (including phenoxy) is 1. The monoisotopic (exact) mass is 281 g/mol. The molecule has 1 aliphatic rings. The maximum Gasteiger partial charge on any atom is 0.349 e. The fourth-order valence-corrected chi connectivity index (χ4v) is 2.79. The van der Waals surface area contributed by atoms with Crippen molar-refractivity contribution in [1.29, 1.82) is 0 Å². The van der Waals surface area contributed by atoms with Gasteiger partial charge in [-0.3, -0.25) is 4.79 Å². The Kier molecular flexibility index (Phi) is 4.24. The van der Waals surface area contributed by atoms with E-state index >= 15 is 0 Å². The van der Waals surface area contributed by atoms with Crippen LogP contribution in [0.1, 0.15) is 46.8 Å². The van der Waals surface area contributed by atoms with Crippen molar-refractivity contribution in [2.24, 2.45) is 0 Å². The van der Waals surface area contributed by atoms with Crippen molar-refractivity contribution in [3.05, 3.63) is 21.4 Å². The van der Waals surface area contributed by atoms with Gasteiger partial charge < -0.3 is 10.1 Å². The summed E-state index contributed by atoms with van der Waals surface area (Å²) in [5, 5.41) is 2.83. The zero-order valence-corrected chi connectivity index (χ0v) is 12.3. The minimum absolute atomic E-state index is 0.208.